The maximum Gasteiger partial charge on any atom is 0.226 e. The average molecular weight is 389 g/mol. The van der Waals surface area contributed by atoms with Crippen LogP contribution in [-0.2, 0) is 5.54 Å². The van der Waals surface area contributed by atoms with E-state index in [1.54, 1.807) is 18.5 Å². The zero-order chi connectivity index (χ0) is 18.3. The van der Waals surface area contributed by atoms with Crippen molar-refractivity contribution in [2.75, 3.05) is 0 Å². The second-order valence-corrected chi connectivity index (χ2v) is 7.26. The molecule has 0 saturated heterocycles. The quantitative estimate of drug-likeness (QED) is 0.711. The summed E-state index contributed by atoms with van der Waals surface area (Å²) in [6.45, 7) is 3.82. The van der Waals surface area contributed by atoms with Crippen LogP contribution < -0.4 is 5.32 Å². The molecule has 4 rings (SSSR count). The molecular weight excluding hydrogens is 375 g/mol. The predicted molar refractivity (Wildman–Crippen MR) is 99.6 cm³/mol. The van der Waals surface area contributed by atoms with E-state index in [9.17, 15) is 4.39 Å². The molecule has 3 heterocycles. The number of rotatable bonds is 3. The number of nitrogens with one attached hydrogen (secondary N) is 1. The minimum Gasteiger partial charge on any atom is -0.445 e. The average Bonchev–Trinajstić information content (AvgIpc) is 3.28. The van der Waals surface area contributed by atoms with Crippen LogP contribution in [-0.4, -0.2) is 15.8 Å². The van der Waals surface area contributed by atoms with Crippen LogP contribution in [0.2, 0.25) is 5.02 Å². The molecule has 1 aliphatic rings. The number of benzene rings is 1. The lowest BCUT2D eigenvalue weighted by Gasteiger charge is -2.34. The smallest absolute Gasteiger partial charge is 0.226 e. The Bertz CT molecular complexity index is 1010. The van der Waals surface area contributed by atoms with Crippen LogP contribution in [0.4, 0.5) is 4.39 Å². The molecule has 5 nitrogen and oxygen atoms in total. The van der Waals surface area contributed by atoms with E-state index in [-0.39, 0.29) is 5.02 Å². The van der Waals surface area contributed by atoms with Gasteiger partial charge < -0.3 is 9.73 Å². The first-order valence-corrected chi connectivity index (χ1v) is 9.08. The Morgan fingerprint density at radius 1 is 1.27 bits per heavy atom. The van der Waals surface area contributed by atoms with Crippen molar-refractivity contribution in [2.45, 2.75) is 19.4 Å². The number of hydrogen-bond acceptors (Lipinski definition) is 6. The maximum atomic E-state index is 13.6. The highest BCUT2D eigenvalue weighted by molar-refractivity contribution is 7.11. The van der Waals surface area contributed by atoms with Gasteiger partial charge in [0, 0.05) is 27.9 Å². The number of aromatic nitrogens is 2. The summed E-state index contributed by atoms with van der Waals surface area (Å²) in [5, 5.41) is 6.19. The monoisotopic (exact) mass is 388 g/mol. The fraction of sp³-hybridized carbons (Fsp3) is 0.167. The van der Waals surface area contributed by atoms with Crippen molar-refractivity contribution in [3.63, 3.8) is 0 Å². The number of nitrogens with zero attached hydrogens (tertiary/aromatic N) is 3. The molecule has 0 radical (unpaired) electrons. The summed E-state index contributed by atoms with van der Waals surface area (Å²) in [4.78, 5) is 13.5. The molecule has 0 saturated carbocycles. The number of oxazole rings is 1. The summed E-state index contributed by atoms with van der Waals surface area (Å²) in [6, 6.07) is 4.29. The van der Waals surface area contributed by atoms with E-state index in [0.717, 1.165) is 16.3 Å². The van der Waals surface area contributed by atoms with Gasteiger partial charge in [-0.1, -0.05) is 17.7 Å². The van der Waals surface area contributed by atoms with Gasteiger partial charge in [0.1, 0.15) is 17.6 Å². The second kappa shape index (κ2) is 6.34. The van der Waals surface area contributed by atoms with E-state index in [1.807, 2.05) is 19.2 Å². The highest BCUT2D eigenvalue weighted by Crippen LogP contribution is 2.45. The normalized spacial score (nSPS) is 20.1. The Hall–Kier alpha value is -2.51. The molecule has 0 amide bonds. The molecule has 1 unspecified atom stereocenters. The molecule has 1 N–H and O–H groups in total. The molecule has 1 atom stereocenters. The summed E-state index contributed by atoms with van der Waals surface area (Å²) in [7, 11) is 0. The Kier molecular flexibility index (Phi) is 4.13. The van der Waals surface area contributed by atoms with Gasteiger partial charge in [0.25, 0.3) is 0 Å². The zero-order valence-electron chi connectivity index (χ0n) is 14.0. The van der Waals surface area contributed by atoms with Crippen molar-refractivity contribution in [3.8, 4) is 0 Å². The van der Waals surface area contributed by atoms with Gasteiger partial charge in [0.15, 0.2) is 10.8 Å². The van der Waals surface area contributed by atoms with Crippen LogP contribution in [0.25, 0.3) is 5.57 Å². The standard InChI is InChI=1S/C18H14ClFN4OS/c1-10-14(16-21-5-7-25-16)18(2,12-4-3-11(20)9-13(12)19)24-15(23-10)17-22-6-8-26-17/h3-9H,1-2H3,(H,23,24). The third-order valence-electron chi connectivity index (χ3n) is 4.24. The fourth-order valence-corrected chi connectivity index (χ4v) is 4.08. The molecule has 8 heteroatoms. The van der Waals surface area contributed by atoms with E-state index in [1.165, 1.54) is 29.7 Å². The predicted octanol–water partition coefficient (Wildman–Crippen LogP) is 4.62. The minimum atomic E-state index is -0.925. The van der Waals surface area contributed by atoms with Crippen LogP contribution >= 0.6 is 22.9 Å². The lowest BCUT2D eigenvalue weighted by Crippen LogP contribution is -2.37. The summed E-state index contributed by atoms with van der Waals surface area (Å²) >= 11 is 7.86. The van der Waals surface area contributed by atoms with E-state index in [0.29, 0.717) is 17.3 Å². The molecule has 1 aliphatic heterocycles. The van der Waals surface area contributed by atoms with Gasteiger partial charge in [0.2, 0.25) is 5.89 Å². The highest BCUT2D eigenvalue weighted by Gasteiger charge is 2.41. The van der Waals surface area contributed by atoms with Gasteiger partial charge in [-0.05, 0) is 26.0 Å². The largest absolute Gasteiger partial charge is 0.445 e. The van der Waals surface area contributed by atoms with Crippen LogP contribution in [0.3, 0.4) is 0 Å². The molecule has 0 fully saturated rings. The molecule has 26 heavy (non-hydrogen) atoms. The summed E-state index contributed by atoms with van der Waals surface area (Å²) < 4.78 is 19.1. The van der Waals surface area contributed by atoms with Crippen molar-refractivity contribution < 1.29 is 8.81 Å². The molecule has 2 aromatic heterocycles. The van der Waals surface area contributed by atoms with Crippen LogP contribution in [0.5, 0.6) is 0 Å². The number of halogens is 2. The number of hydrogen-bond donors (Lipinski definition) is 1. The number of amidine groups is 1. The van der Waals surface area contributed by atoms with Gasteiger partial charge >= 0.3 is 0 Å². The Labute approximate surface area is 158 Å². The molecular formula is C18H14ClFN4OS. The topological polar surface area (TPSA) is 63.3 Å². The third kappa shape index (κ3) is 2.73. The maximum absolute atomic E-state index is 13.6. The number of allylic oxidation sites excluding steroid dienone is 1. The van der Waals surface area contributed by atoms with Gasteiger partial charge in [-0.25, -0.2) is 19.4 Å². The van der Waals surface area contributed by atoms with Crippen molar-refractivity contribution >= 4 is 34.3 Å². The minimum absolute atomic E-state index is 0.286. The number of thiazole rings is 1. The Morgan fingerprint density at radius 3 is 2.77 bits per heavy atom. The molecule has 3 aromatic rings. The molecule has 0 spiro atoms. The lowest BCUT2D eigenvalue weighted by atomic mass is 9.82. The van der Waals surface area contributed by atoms with Gasteiger partial charge in [-0.2, -0.15) is 0 Å². The second-order valence-electron chi connectivity index (χ2n) is 5.96. The fourth-order valence-electron chi connectivity index (χ4n) is 3.15. The zero-order valence-corrected chi connectivity index (χ0v) is 15.5. The number of aliphatic imine (C=N–C) groups is 1. The van der Waals surface area contributed by atoms with Gasteiger partial charge in [-0.3, -0.25) is 0 Å². The molecule has 132 valence electrons. The van der Waals surface area contributed by atoms with E-state index < -0.39 is 11.4 Å². The lowest BCUT2D eigenvalue weighted by molar-refractivity contribution is 0.513. The van der Waals surface area contributed by atoms with Crippen molar-refractivity contribution in [2.24, 2.45) is 4.99 Å². The Balaban J connectivity index is 1.96. The van der Waals surface area contributed by atoms with Crippen LogP contribution in [0.15, 0.2) is 57.3 Å². The van der Waals surface area contributed by atoms with E-state index >= 15 is 0 Å². The van der Waals surface area contributed by atoms with Crippen LogP contribution in [0, 0.1) is 5.82 Å². The summed E-state index contributed by atoms with van der Waals surface area (Å²) in [5.74, 6) is 0.648. The summed E-state index contributed by atoms with van der Waals surface area (Å²) in [6.07, 6.45) is 4.79. The summed E-state index contributed by atoms with van der Waals surface area (Å²) in [5.41, 5.74) is 1.28. The van der Waals surface area contributed by atoms with E-state index in [4.69, 9.17) is 21.0 Å². The van der Waals surface area contributed by atoms with Crippen molar-refractivity contribution in [1.29, 1.82) is 0 Å². The molecule has 0 bridgehead atoms. The SMILES string of the molecule is CC1=C(c2ncco2)C(C)(c2ccc(F)cc2Cl)N=C(c2nccs2)N1. The first-order valence-electron chi connectivity index (χ1n) is 7.82. The van der Waals surface area contributed by atoms with Crippen LogP contribution in [0.1, 0.15) is 30.3 Å². The molecule has 1 aromatic carbocycles. The van der Waals surface area contributed by atoms with Gasteiger partial charge in [-0.15, -0.1) is 11.3 Å². The van der Waals surface area contributed by atoms with Crippen molar-refractivity contribution in [1.82, 2.24) is 15.3 Å². The highest BCUT2D eigenvalue weighted by atomic mass is 35.5. The van der Waals surface area contributed by atoms with Crippen molar-refractivity contribution in [3.05, 3.63) is 75.2 Å². The first-order chi connectivity index (χ1) is 12.5. The first kappa shape index (κ1) is 16.9. The van der Waals surface area contributed by atoms with Gasteiger partial charge in [0.05, 0.1) is 11.8 Å². The molecule has 0 aliphatic carbocycles. The Morgan fingerprint density at radius 2 is 2.12 bits per heavy atom. The third-order valence-corrected chi connectivity index (χ3v) is 5.33. The van der Waals surface area contributed by atoms with E-state index in [2.05, 4.69) is 15.3 Å².